The van der Waals surface area contributed by atoms with Gasteiger partial charge in [-0.2, -0.15) is 0 Å². The van der Waals surface area contributed by atoms with E-state index in [0.717, 1.165) is 16.3 Å². The number of hydrogen-bond acceptors (Lipinski definition) is 4. The average molecular weight is 492 g/mol. The number of benzene rings is 4. The van der Waals surface area contributed by atoms with Gasteiger partial charge in [-0.05, 0) is 65.1 Å². The third kappa shape index (κ3) is 4.49. The molecule has 1 atom stereocenters. The molecule has 0 radical (unpaired) electrons. The van der Waals surface area contributed by atoms with Gasteiger partial charge in [-0.3, -0.25) is 14.5 Å². The Morgan fingerprint density at radius 1 is 0.892 bits per heavy atom. The molecule has 4 aromatic rings. The maximum Gasteiger partial charge on any atom is 0.300 e. The number of fused-ring (bicyclic) bond motifs is 1. The highest BCUT2D eigenvalue weighted by atomic mass is 16.5. The van der Waals surface area contributed by atoms with Crippen molar-refractivity contribution in [1.29, 1.82) is 0 Å². The second kappa shape index (κ2) is 9.94. The van der Waals surface area contributed by atoms with Gasteiger partial charge in [0.1, 0.15) is 11.5 Å². The van der Waals surface area contributed by atoms with Crippen LogP contribution in [0.15, 0.2) is 96.6 Å². The molecule has 5 rings (SSSR count). The molecule has 1 unspecified atom stereocenters. The minimum Gasteiger partial charge on any atom is -0.507 e. The summed E-state index contributed by atoms with van der Waals surface area (Å²) in [5.74, 6) is -0.628. The van der Waals surface area contributed by atoms with E-state index in [1.807, 2.05) is 91.9 Å². The number of carbonyl (C=O) groups excluding carboxylic acids is 2. The van der Waals surface area contributed by atoms with E-state index in [-0.39, 0.29) is 11.3 Å². The number of anilines is 1. The third-order valence-corrected chi connectivity index (χ3v) is 6.79. The van der Waals surface area contributed by atoms with Gasteiger partial charge in [-0.1, -0.05) is 74.5 Å². The summed E-state index contributed by atoms with van der Waals surface area (Å²) in [6.07, 6.45) is 0. The molecule has 186 valence electrons. The second-order valence-corrected chi connectivity index (χ2v) is 9.48. The lowest BCUT2D eigenvalue weighted by Gasteiger charge is -2.26. The Morgan fingerprint density at radius 2 is 1.62 bits per heavy atom. The predicted octanol–water partition coefficient (Wildman–Crippen LogP) is 6.99. The van der Waals surface area contributed by atoms with Gasteiger partial charge in [-0.25, -0.2) is 0 Å². The van der Waals surface area contributed by atoms with E-state index in [0.29, 0.717) is 35.1 Å². The van der Waals surface area contributed by atoms with E-state index >= 15 is 0 Å². The smallest absolute Gasteiger partial charge is 0.300 e. The van der Waals surface area contributed by atoms with E-state index in [9.17, 15) is 14.7 Å². The zero-order valence-corrected chi connectivity index (χ0v) is 21.1. The average Bonchev–Trinajstić information content (AvgIpc) is 3.18. The number of nitrogens with zero attached hydrogens (tertiary/aromatic N) is 1. The fourth-order valence-corrected chi connectivity index (χ4v) is 4.87. The first-order valence-corrected chi connectivity index (χ1v) is 12.5. The summed E-state index contributed by atoms with van der Waals surface area (Å²) in [6, 6.07) is 27.5. The zero-order valence-electron chi connectivity index (χ0n) is 21.1. The van der Waals surface area contributed by atoms with Gasteiger partial charge in [0.2, 0.25) is 0 Å². The van der Waals surface area contributed by atoms with Crippen LogP contribution in [0.25, 0.3) is 16.5 Å². The van der Waals surface area contributed by atoms with Crippen molar-refractivity contribution >= 4 is 33.9 Å². The first kappa shape index (κ1) is 24.3. The fourth-order valence-electron chi connectivity index (χ4n) is 4.87. The fraction of sp³-hybridized carbons (Fsp3) is 0.188. The van der Waals surface area contributed by atoms with Crippen LogP contribution in [-0.4, -0.2) is 23.4 Å². The number of aliphatic hydroxyl groups is 1. The highest BCUT2D eigenvalue weighted by Crippen LogP contribution is 2.43. The molecule has 4 aromatic carbocycles. The Kier molecular flexibility index (Phi) is 6.53. The number of amides is 1. The predicted molar refractivity (Wildman–Crippen MR) is 147 cm³/mol. The number of rotatable bonds is 6. The molecule has 0 aromatic heterocycles. The van der Waals surface area contributed by atoms with Crippen LogP contribution in [0.4, 0.5) is 5.69 Å². The lowest BCUT2D eigenvalue weighted by molar-refractivity contribution is -0.132. The van der Waals surface area contributed by atoms with Gasteiger partial charge in [0.15, 0.2) is 0 Å². The van der Waals surface area contributed by atoms with Crippen molar-refractivity contribution in [2.75, 3.05) is 11.5 Å². The van der Waals surface area contributed by atoms with E-state index in [4.69, 9.17) is 4.74 Å². The highest BCUT2D eigenvalue weighted by molar-refractivity contribution is 6.51. The molecule has 1 N–H and O–H groups in total. The summed E-state index contributed by atoms with van der Waals surface area (Å²) in [7, 11) is 0. The molecule has 0 saturated carbocycles. The van der Waals surface area contributed by atoms with Crippen molar-refractivity contribution in [2.24, 2.45) is 0 Å². The summed E-state index contributed by atoms with van der Waals surface area (Å²) in [4.78, 5) is 28.5. The molecule has 1 aliphatic rings. The van der Waals surface area contributed by atoms with Gasteiger partial charge >= 0.3 is 0 Å². The van der Waals surface area contributed by atoms with Gasteiger partial charge in [0, 0.05) is 11.3 Å². The summed E-state index contributed by atoms with van der Waals surface area (Å²) in [5.41, 5.74) is 2.95. The number of aliphatic hydroxyl groups excluding tert-OH is 1. The lowest BCUT2D eigenvalue weighted by Crippen LogP contribution is -2.29. The largest absolute Gasteiger partial charge is 0.507 e. The molecule has 1 aliphatic heterocycles. The standard InChI is InChI=1S/C32H29NO4/c1-4-37-27-11-7-10-24(19-27)29-28(30(34)25-13-12-22-8-5-6-9-23(22)18-25)31(35)32(36)33(29)26-16-14-21(15-17-26)20(2)3/h5-20,29,34H,4H2,1-3H3/b30-28-. The maximum atomic E-state index is 13.5. The minimum atomic E-state index is -0.809. The number of ketones is 1. The van der Waals surface area contributed by atoms with Crippen LogP contribution >= 0.6 is 0 Å². The van der Waals surface area contributed by atoms with Crippen molar-refractivity contribution in [3.63, 3.8) is 0 Å². The van der Waals surface area contributed by atoms with Crippen LogP contribution in [0.3, 0.4) is 0 Å². The maximum absolute atomic E-state index is 13.5. The van der Waals surface area contributed by atoms with E-state index in [1.54, 1.807) is 6.07 Å². The van der Waals surface area contributed by atoms with E-state index < -0.39 is 17.7 Å². The molecule has 1 amide bonds. The van der Waals surface area contributed by atoms with Gasteiger partial charge in [-0.15, -0.1) is 0 Å². The van der Waals surface area contributed by atoms with Crippen molar-refractivity contribution in [3.8, 4) is 5.75 Å². The zero-order chi connectivity index (χ0) is 26.1. The molecule has 0 bridgehead atoms. The van der Waals surface area contributed by atoms with Crippen LogP contribution in [0, 0.1) is 0 Å². The van der Waals surface area contributed by atoms with Crippen LogP contribution in [0.1, 0.15) is 49.4 Å². The number of Topliss-reactive ketones (excluding diaryl/α,β-unsaturated/α-hetero) is 1. The highest BCUT2D eigenvalue weighted by Gasteiger charge is 2.47. The minimum absolute atomic E-state index is 0.0573. The first-order valence-electron chi connectivity index (χ1n) is 12.5. The molecule has 1 heterocycles. The second-order valence-electron chi connectivity index (χ2n) is 9.48. The van der Waals surface area contributed by atoms with Crippen molar-refractivity contribution < 1.29 is 19.4 Å². The molecular weight excluding hydrogens is 462 g/mol. The number of hydrogen-bond donors (Lipinski definition) is 1. The molecule has 5 nitrogen and oxygen atoms in total. The Bertz CT molecular complexity index is 1520. The van der Waals surface area contributed by atoms with Crippen molar-refractivity contribution in [1.82, 2.24) is 0 Å². The Labute approximate surface area is 216 Å². The summed E-state index contributed by atoms with van der Waals surface area (Å²) in [6.45, 7) is 6.58. The van der Waals surface area contributed by atoms with Crippen molar-refractivity contribution in [2.45, 2.75) is 32.7 Å². The van der Waals surface area contributed by atoms with Gasteiger partial charge in [0.05, 0.1) is 18.2 Å². The monoisotopic (exact) mass is 491 g/mol. The normalized spacial score (nSPS) is 17.1. The first-order chi connectivity index (χ1) is 17.9. The topological polar surface area (TPSA) is 66.8 Å². The SMILES string of the molecule is CCOc1cccc(C2/C(=C(/O)c3ccc4ccccc4c3)C(=O)C(=O)N2c2ccc(C(C)C)cc2)c1. The van der Waals surface area contributed by atoms with Crippen molar-refractivity contribution in [3.05, 3.63) is 113 Å². The Balaban J connectivity index is 1.70. The summed E-state index contributed by atoms with van der Waals surface area (Å²) < 4.78 is 5.70. The molecule has 0 aliphatic carbocycles. The molecular formula is C32H29NO4. The van der Waals surface area contributed by atoms with E-state index in [1.165, 1.54) is 4.90 Å². The van der Waals surface area contributed by atoms with Crippen LogP contribution in [0.2, 0.25) is 0 Å². The quantitative estimate of drug-likeness (QED) is 0.179. The third-order valence-electron chi connectivity index (χ3n) is 6.79. The lowest BCUT2D eigenvalue weighted by atomic mass is 9.94. The summed E-state index contributed by atoms with van der Waals surface area (Å²) in [5, 5.41) is 13.5. The Morgan fingerprint density at radius 3 is 2.32 bits per heavy atom. The molecule has 0 spiro atoms. The molecule has 5 heteroatoms. The molecule has 1 saturated heterocycles. The van der Waals surface area contributed by atoms with Crippen LogP contribution in [-0.2, 0) is 9.59 Å². The molecule has 1 fully saturated rings. The van der Waals surface area contributed by atoms with Gasteiger partial charge in [0.25, 0.3) is 11.7 Å². The van der Waals surface area contributed by atoms with Gasteiger partial charge < -0.3 is 9.84 Å². The number of carbonyl (C=O) groups is 2. The van der Waals surface area contributed by atoms with Crippen LogP contribution in [0.5, 0.6) is 5.75 Å². The van der Waals surface area contributed by atoms with Crippen LogP contribution < -0.4 is 9.64 Å². The Hall–Kier alpha value is -4.38. The van der Waals surface area contributed by atoms with E-state index in [2.05, 4.69) is 13.8 Å². The number of ether oxygens (including phenoxy) is 1. The molecule has 37 heavy (non-hydrogen) atoms. The summed E-state index contributed by atoms with van der Waals surface area (Å²) >= 11 is 0.